The van der Waals surface area contributed by atoms with Gasteiger partial charge in [0.2, 0.25) is 11.7 Å². The monoisotopic (exact) mass is 584 g/mol. The van der Waals surface area contributed by atoms with E-state index in [9.17, 15) is 24.6 Å². The molecule has 2 aromatic heterocycles. The summed E-state index contributed by atoms with van der Waals surface area (Å²) in [5.74, 6) is 5.78. The number of likely N-dealkylation sites (N-methyl/N-ethyl adjacent to an activating group) is 1. The van der Waals surface area contributed by atoms with Gasteiger partial charge in [0.1, 0.15) is 24.3 Å². The summed E-state index contributed by atoms with van der Waals surface area (Å²) in [6.45, 7) is 3.97. The molecule has 42 heavy (non-hydrogen) atoms. The molecule has 15 nitrogen and oxygen atoms in total. The fourth-order valence-electron chi connectivity index (χ4n) is 5.47. The average molecular weight is 585 g/mol. The minimum absolute atomic E-state index is 0.0165. The van der Waals surface area contributed by atoms with Crippen LogP contribution in [-0.2, 0) is 19.1 Å². The number of nitrogen functional groups attached to an aromatic ring is 1. The molecule has 0 bridgehead atoms. The number of piperidine rings is 1. The Kier molecular flexibility index (Phi) is 8.76. The van der Waals surface area contributed by atoms with Crippen molar-refractivity contribution in [1.82, 2.24) is 34.6 Å². The minimum Gasteiger partial charge on any atom is -0.449 e. The fraction of sp³-hybridized carbons (Fsp3) is 0.630. The number of aromatic nitrogens is 4. The maximum atomic E-state index is 12.5. The van der Waals surface area contributed by atoms with E-state index < -0.39 is 36.5 Å². The third-order valence-electron chi connectivity index (χ3n) is 7.98. The lowest BCUT2D eigenvalue weighted by atomic mass is 9.94. The molecule has 3 amide bonds. The molecule has 3 aliphatic rings. The summed E-state index contributed by atoms with van der Waals surface area (Å²) in [7, 11) is 1.75. The zero-order valence-electron chi connectivity index (χ0n) is 23.6. The van der Waals surface area contributed by atoms with Crippen molar-refractivity contribution >= 4 is 34.9 Å². The highest BCUT2D eigenvalue weighted by molar-refractivity contribution is 5.83. The Morgan fingerprint density at radius 1 is 1.19 bits per heavy atom. The van der Waals surface area contributed by atoms with Crippen LogP contribution < -0.4 is 11.1 Å². The lowest BCUT2D eigenvalue weighted by Crippen LogP contribution is -2.42. The number of carbonyl (C=O) groups excluding carboxylic acids is 3. The molecule has 15 heteroatoms. The number of nitrogens with one attached hydrogen (secondary N) is 1. The number of amides is 3. The van der Waals surface area contributed by atoms with Crippen LogP contribution in [0.4, 0.5) is 10.6 Å². The molecule has 0 aromatic carbocycles. The van der Waals surface area contributed by atoms with E-state index in [1.807, 2.05) is 0 Å². The largest absolute Gasteiger partial charge is 0.449 e. The molecule has 0 radical (unpaired) electrons. The van der Waals surface area contributed by atoms with Crippen LogP contribution in [0.25, 0.3) is 11.2 Å². The molecule has 0 spiro atoms. The van der Waals surface area contributed by atoms with Crippen molar-refractivity contribution < 1.29 is 34.1 Å². The second-order valence-electron chi connectivity index (χ2n) is 10.8. The first-order valence-electron chi connectivity index (χ1n) is 14.1. The standard InChI is InChI=1S/C27H36N8O7/c1-3-29-24(38)21-19(36)20(37)26(42-21)35-14-30-18-22(28)31-17(32-23(18)35)6-4-5-15-7-11-34(12-8-15)27(40)41-13-16-9-10-33(2)25(16)39/h14-16,19-21,26,36-37H,3,5,7-13H2,1-2H3,(H,29,38)(H2,28,31,32)/t16?,19-,20+,21-,26+/m0/s1. The number of ether oxygens (including phenoxy) is 2. The van der Waals surface area contributed by atoms with Gasteiger partial charge in [-0.3, -0.25) is 14.2 Å². The SMILES string of the molecule is CCNC(=O)[C@H]1O[C@@H](n2cnc3c(N)nc(C#CCC4CCN(C(=O)OCC5CCN(C)C5=O)CC4)nc32)[C@H](O)[C@@H]1O. The molecule has 5 atom stereocenters. The molecule has 3 saturated heterocycles. The van der Waals surface area contributed by atoms with Gasteiger partial charge in [0.15, 0.2) is 23.8 Å². The van der Waals surface area contributed by atoms with Crippen molar-refractivity contribution in [3.8, 4) is 11.8 Å². The first-order chi connectivity index (χ1) is 20.2. The van der Waals surface area contributed by atoms with Gasteiger partial charge >= 0.3 is 6.09 Å². The highest BCUT2D eigenvalue weighted by Gasteiger charge is 2.47. The number of likely N-dealkylation sites (tertiary alicyclic amines) is 2. The van der Waals surface area contributed by atoms with Crippen molar-refractivity contribution in [3.63, 3.8) is 0 Å². The van der Waals surface area contributed by atoms with Crippen LogP contribution in [0.15, 0.2) is 6.33 Å². The number of carbonyl (C=O) groups is 3. The lowest BCUT2D eigenvalue weighted by Gasteiger charge is -2.30. The van der Waals surface area contributed by atoms with Crippen LogP contribution in [0.3, 0.4) is 0 Å². The minimum atomic E-state index is -1.44. The summed E-state index contributed by atoms with van der Waals surface area (Å²) in [5.41, 5.74) is 6.62. The molecular weight excluding hydrogens is 548 g/mol. The Morgan fingerprint density at radius 3 is 2.64 bits per heavy atom. The van der Waals surface area contributed by atoms with E-state index in [0.29, 0.717) is 39.0 Å². The quantitative estimate of drug-likeness (QED) is 0.311. The highest BCUT2D eigenvalue weighted by Crippen LogP contribution is 2.32. The number of anilines is 1. The number of aliphatic hydroxyl groups excluding tert-OH is 2. The van der Waals surface area contributed by atoms with Gasteiger partial charge in [-0.25, -0.2) is 19.7 Å². The predicted molar refractivity (Wildman–Crippen MR) is 147 cm³/mol. The molecule has 5 rings (SSSR count). The van der Waals surface area contributed by atoms with Crippen molar-refractivity contribution in [1.29, 1.82) is 0 Å². The fourth-order valence-corrected chi connectivity index (χ4v) is 5.47. The van der Waals surface area contributed by atoms with Crippen LogP contribution in [0.2, 0.25) is 0 Å². The summed E-state index contributed by atoms with van der Waals surface area (Å²) >= 11 is 0. The Hall–Kier alpha value is -4.00. The average Bonchev–Trinajstić information content (AvgIpc) is 3.63. The molecule has 5 heterocycles. The van der Waals surface area contributed by atoms with Gasteiger partial charge in [-0.1, -0.05) is 5.92 Å². The maximum Gasteiger partial charge on any atom is 0.409 e. The summed E-state index contributed by atoms with van der Waals surface area (Å²) in [5, 5.41) is 23.6. The van der Waals surface area contributed by atoms with Gasteiger partial charge < -0.3 is 40.5 Å². The summed E-state index contributed by atoms with van der Waals surface area (Å²) < 4.78 is 12.5. The van der Waals surface area contributed by atoms with Gasteiger partial charge in [0, 0.05) is 39.6 Å². The number of fused-ring (bicyclic) bond motifs is 1. The number of nitrogens with two attached hydrogens (primary N) is 1. The first kappa shape index (κ1) is 29.5. The molecule has 226 valence electrons. The Bertz CT molecular complexity index is 1400. The molecule has 5 N–H and O–H groups in total. The van der Waals surface area contributed by atoms with Crippen LogP contribution >= 0.6 is 0 Å². The van der Waals surface area contributed by atoms with E-state index in [2.05, 4.69) is 32.1 Å². The van der Waals surface area contributed by atoms with E-state index in [1.54, 1.807) is 23.8 Å². The number of rotatable bonds is 6. The third kappa shape index (κ3) is 5.96. The normalized spacial score (nSPS) is 26.4. The smallest absolute Gasteiger partial charge is 0.409 e. The number of hydrogen-bond donors (Lipinski definition) is 4. The zero-order chi connectivity index (χ0) is 30.0. The molecule has 0 aliphatic carbocycles. The number of aliphatic hydroxyl groups is 2. The number of nitrogens with zero attached hydrogens (tertiary/aromatic N) is 6. The topological polar surface area (TPSA) is 198 Å². The summed E-state index contributed by atoms with van der Waals surface area (Å²) in [6.07, 6.45) is -1.47. The number of hydrogen-bond acceptors (Lipinski definition) is 11. The van der Waals surface area contributed by atoms with Gasteiger partial charge in [0.25, 0.3) is 5.91 Å². The Balaban J connectivity index is 1.17. The van der Waals surface area contributed by atoms with E-state index in [0.717, 1.165) is 12.8 Å². The second-order valence-corrected chi connectivity index (χ2v) is 10.8. The summed E-state index contributed by atoms with van der Waals surface area (Å²) in [4.78, 5) is 53.0. The van der Waals surface area contributed by atoms with Crippen LogP contribution in [0.1, 0.15) is 44.7 Å². The maximum absolute atomic E-state index is 12.5. The molecule has 3 aliphatic heterocycles. The first-order valence-corrected chi connectivity index (χ1v) is 14.1. The van der Waals surface area contributed by atoms with E-state index >= 15 is 0 Å². The molecule has 0 saturated carbocycles. The van der Waals surface area contributed by atoms with Crippen molar-refractivity contribution in [2.75, 3.05) is 45.6 Å². The van der Waals surface area contributed by atoms with Gasteiger partial charge in [-0.15, -0.1) is 0 Å². The van der Waals surface area contributed by atoms with Crippen molar-refractivity contribution in [3.05, 3.63) is 12.2 Å². The molecule has 2 aromatic rings. The van der Waals surface area contributed by atoms with E-state index in [4.69, 9.17) is 15.2 Å². The van der Waals surface area contributed by atoms with E-state index in [-0.39, 0.29) is 47.2 Å². The third-order valence-corrected chi connectivity index (χ3v) is 7.98. The molecular formula is C27H36N8O7. The predicted octanol–water partition coefficient (Wildman–Crippen LogP) is -0.768. The van der Waals surface area contributed by atoms with Gasteiger partial charge in [-0.05, 0) is 38.0 Å². The van der Waals surface area contributed by atoms with Crippen LogP contribution in [-0.4, -0.2) is 116 Å². The van der Waals surface area contributed by atoms with E-state index in [1.165, 1.54) is 10.9 Å². The lowest BCUT2D eigenvalue weighted by molar-refractivity contribution is -0.137. The highest BCUT2D eigenvalue weighted by atomic mass is 16.6. The summed E-state index contributed by atoms with van der Waals surface area (Å²) in [6, 6.07) is 0. The van der Waals surface area contributed by atoms with Gasteiger partial charge in [-0.2, -0.15) is 0 Å². The second kappa shape index (κ2) is 12.5. The van der Waals surface area contributed by atoms with Crippen LogP contribution in [0, 0.1) is 23.7 Å². The number of imidazole rings is 1. The van der Waals surface area contributed by atoms with Crippen molar-refractivity contribution in [2.24, 2.45) is 11.8 Å². The van der Waals surface area contributed by atoms with Crippen LogP contribution in [0.5, 0.6) is 0 Å². The molecule has 3 fully saturated rings. The molecule has 1 unspecified atom stereocenters. The Labute approximate surface area is 242 Å². The Morgan fingerprint density at radius 2 is 1.95 bits per heavy atom. The van der Waals surface area contributed by atoms with Gasteiger partial charge in [0.05, 0.1) is 12.2 Å². The van der Waals surface area contributed by atoms with Crippen molar-refractivity contribution in [2.45, 2.75) is 57.1 Å². The zero-order valence-corrected chi connectivity index (χ0v) is 23.6.